The third-order valence-electron chi connectivity index (χ3n) is 4.94. The number of pyridine rings is 1. The fourth-order valence-corrected chi connectivity index (χ4v) is 5.11. The molecule has 5 nitrogen and oxygen atoms in total. The Bertz CT molecular complexity index is 1290. The summed E-state index contributed by atoms with van der Waals surface area (Å²) >= 11 is 4.92. The normalized spacial score (nSPS) is 10.9. The summed E-state index contributed by atoms with van der Waals surface area (Å²) in [4.78, 5) is 26.1. The van der Waals surface area contributed by atoms with E-state index in [1.165, 1.54) is 18.3 Å². The van der Waals surface area contributed by atoms with Crippen LogP contribution in [0, 0.1) is 0 Å². The molecule has 0 atom stereocenters. The largest absolute Gasteiger partial charge is 0.497 e. The first-order valence-electron chi connectivity index (χ1n) is 9.64. The van der Waals surface area contributed by atoms with Crippen molar-refractivity contribution in [1.29, 1.82) is 0 Å². The molecular formula is C24H20BrNO4S. The van der Waals surface area contributed by atoms with E-state index in [9.17, 15) is 9.59 Å². The Morgan fingerprint density at radius 3 is 2.42 bits per heavy atom. The molecule has 2 heterocycles. The van der Waals surface area contributed by atoms with Gasteiger partial charge in [0.25, 0.3) is 5.56 Å². The van der Waals surface area contributed by atoms with Crippen molar-refractivity contribution in [3.8, 4) is 11.5 Å². The molecule has 0 saturated heterocycles. The van der Waals surface area contributed by atoms with Gasteiger partial charge >= 0.3 is 0 Å². The van der Waals surface area contributed by atoms with Crippen molar-refractivity contribution in [2.45, 2.75) is 20.1 Å². The number of aromatic nitrogens is 1. The van der Waals surface area contributed by atoms with Crippen LogP contribution in [0.15, 0.2) is 69.2 Å². The van der Waals surface area contributed by atoms with Crippen molar-refractivity contribution in [1.82, 2.24) is 4.57 Å². The van der Waals surface area contributed by atoms with E-state index >= 15 is 0 Å². The highest BCUT2D eigenvalue weighted by Gasteiger charge is 2.23. The molecule has 7 heteroatoms. The maximum absolute atomic E-state index is 13.5. The molecule has 0 saturated carbocycles. The molecular weight excluding hydrogens is 478 g/mol. The van der Waals surface area contributed by atoms with Crippen LogP contribution in [0.5, 0.6) is 11.5 Å². The molecule has 4 aromatic rings. The van der Waals surface area contributed by atoms with Gasteiger partial charge in [0.1, 0.15) is 12.4 Å². The Morgan fingerprint density at radius 2 is 1.77 bits per heavy atom. The van der Waals surface area contributed by atoms with E-state index in [0.29, 0.717) is 17.6 Å². The van der Waals surface area contributed by atoms with Crippen molar-refractivity contribution in [2.24, 2.45) is 0 Å². The third kappa shape index (κ3) is 4.43. The molecule has 2 aromatic carbocycles. The van der Waals surface area contributed by atoms with Crippen molar-refractivity contribution < 1.29 is 14.3 Å². The van der Waals surface area contributed by atoms with Crippen LogP contribution >= 0.6 is 27.3 Å². The minimum Gasteiger partial charge on any atom is -0.497 e. The highest BCUT2D eigenvalue weighted by atomic mass is 79.9. The maximum Gasteiger partial charge on any atom is 0.294 e. The molecule has 0 bridgehead atoms. The number of carbonyl (C=O) groups excluding carboxylic acids is 1. The molecule has 0 aliphatic rings. The van der Waals surface area contributed by atoms with Crippen molar-refractivity contribution in [3.05, 3.63) is 91.5 Å². The van der Waals surface area contributed by atoms with Crippen molar-refractivity contribution in [2.75, 3.05) is 7.11 Å². The van der Waals surface area contributed by atoms with Crippen LogP contribution in [0.2, 0.25) is 0 Å². The molecule has 4 rings (SSSR count). The SMILES string of the molecule is COc1ccc(Cn2c(=O)c(OCc3ccccc3)c(C(C)=O)c3sc(Br)cc32)cc1. The van der Waals surface area contributed by atoms with Gasteiger partial charge in [-0.2, -0.15) is 0 Å². The zero-order chi connectivity index (χ0) is 22.0. The number of Topliss-reactive ketones (excluding diaryl/α,β-unsaturated/α-hetero) is 1. The van der Waals surface area contributed by atoms with Gasteiger partial charge in [-0.3, -0.25) is 14.2 Å². The van der Waals surface area contributed by atoms with Crippen LogP contribution < -0.4 is 15.0 Å². The quantitative estimate of drug-likeness (QED) is 0.309. The van der Waals surface area contributed by atoms with E-state index < -0.39 is 0 Å². The molecule has 2 aromatic heterocycles. The summed E-state index contributed by atoms with van der Waals surface area (Å²) in [5.74, 6) is 0.640. The number of carbonyl (C=O) groups is 1. The Labute approximate surface area is 192 Å². The van der Waals surface area contributed by atoms with Gasteiger partial charge in [-0.05, 0) is 52.2 Å². The number of halogens is 1. The lowest BCUT2D eigenvalue weighted by atomic mass is 10.1. The summed E-state index contributed by atoms with van der Waals surface area (Å²) in [7, 11) is 1.61. The summed E-state index contributed by atoms with van der Waals surface area (Å²) in [6.45, 7) is 2.02. The van der Waals surface area contributed by atoms with Gasteiger partial charge in [-0.1, -0.05) is 42.5 Å². The molecule has 0 N–H and O–H groups in total. The molecule has 158 valence electrons. The van der Waals surface area contributed by atoms with Gasteiger partial charge in [-0.25, -0.2) is 0 Å². The number of fused-ring (bicyclic) bond motifs is 1. The zero-order valence-electron chi connectivity index (χ0n) is 17.1. The van der Waals surface area contributed by atoms with Gasteiger partial charge in [0.15, 0.2) is 11.5 Å². The fourth-order valence-electron chi connectivity index (χ4n) is 3.43. The number of methoxy groups -OCH3 is 1. The van der Waals surface area contributed by atoms with Gasteiger partial charge < -0.3 is 9.47 Å². The van der Waals surface area contributed by atoms with E-state index in [1.54, 1.807) is 11.7 Å². The number of thiophene rings is 1. The third-order valence-corrected chi connectivity index (χ3v) is 6.59. The molecule has 0 radical (unpaired) electrons. The minimum absolute atomic E-state index is 0.0896. The van der Waals surface area contributed by atoms with Crippen LogP contribution in [0.25, 0.3) is 10.2 Å². The second-order valence-corrected chi connectivity index (χ2v) is 9.47. The topological polar surface area (TPSA) is 57.5 Å². The number of benzene rings is 2. The van der Waals surface area contributed by atoms with E-state index in [2.05, 4.69) is 15.9 Å². The van der Waals surface area contributed by atoms with E-state index in [-0.39, 0.29) is 23.7 Å². The predicted molar refractivity (Wildman–Crippen MR) is 127 cm³/mol. The summed E-state index contributed by atoms with van der Waals surface area (Å²) in [6, 6.07) is 19.0. The van der Waals surface area contributed by atoms with Crippen molar-refractivity contribution in [3.63, 3.8) is 0 Å². The Hall–Kier alpha value is -2.90. The molecule has 0 unspecified atom stereocenters. The summed E-state index contributed by atoms with van der Waals surface area (Å²) in [5, 5.41) is 0. The Morgan fingerprint density at radius 1 is 1.06 bits per heavy atom. The van der Waals surface area contributed by atoms with Gasteiger partial charge in [0.2, 0.25) is 0 Å². The first-order valence-corrected chi connectivity index (χ1v) is 11.3. The number of rotatable bonds is 7. The van der Waals surface area contributed by atoms with Crippen LogP contribution in [0.4, 0.5) is 0 Å². The monoisotopic (exact) mass is 497 g/mol. The molecule has 0 aliphatic heterocycles. The van der Waals surface area contributed by atoms with Crippen molar-refractivity contribution >= 4 is 43.3 Å². The Kier molecular flexibility index (Phi) is 6.25. The summed E-state index contributed by atoms with van der Waals surface area (Å²) < 4.78 is 14.4. The second kappa shape index (κ2) is 9.08. The van der Waals surface area contributed by atoms with Crippen LogP contribution in [-0.4, -0.2) is 17.5 Å². The average molecular weight is 498 g/mol. The van der Waals surface area contributed by atoms with Gasteiger partial charge in [0.05, 0.1) is 33.2 Å². The van der Waals surface area contributed by atoms with Crippen LogP contribution in [0.3, 0.4) is 0 Å². The smallest absolute Gasteiger partial charge is 0.294 e. The molecule has 0 aliphatic carbocycles. The average Bonchev–Trinajstić information content (AvgIpc) is 3.16. The number of ether oxygens (including phenoxy) is 2. The highest BCUT2D eigenvalue weighted by molar-refractivity contribution is 9.11. The van der Waals surface area contributed by atoms with Gasteiger partial charge in [-0.15, -0.1) is 11.3 Å². The maximum atomic E-state index is 13.5. The molecule has 0 spiro atoms. The number of hydrogen-bond acceptors (Lipinski definition) is 5. The van der Waals surface area contributed by atoms with E-state index in [0.717, 1.165) is 25.4 Å². The lowest BCUT2D eigenvalue weighted by molar-refractivity contribution is 0.101. The predicted octanol–water partition coefficient (Wildman–Crippen LogP) is 5.66. The first-order chi connectivity index (χ1) is 15.0. The number of hydrogen-bond donors (Lipinski definition) is 0. The standard InChI is InChI=1S/C24H20BrNO4S/c1-15(27)21-22(30-14-17-6-4-3-5-7-17)24(28)26(19-12-20(25)31-23(19)21)13-16-8-10-18(29-2)11-9-16/h3-12H,13-14H2,1-2H3. The van der Waals surface area contributed by atoms with Gasteiger partial charge in [0, 0.05) is 0 Å². The summed E-state index contributed by atoms with van der Waals surface area (Å²) in [6.07, 6.45) is 0. The lowest BCUT2D eigenvalue weighted by Crippen LogP contribution is -2.25. The number of nitrogens with zero attached hydrogens (tertiary/aromatic N) is 1. The number of ketones is 1. The molecule has 0 amide bonds. The minimum atomic E-state index is -0.324. The van der Waals surface area contributed by atoms with E-state index in [1.807, 2.05) is 60.7 Å². The first kappa shape index (κ1) is 21.3. The molecule has 31 heavy (non-hydrogen) atoms. The van der Waals surface area contributed by atoms with Crippen LogP contribution in [-0.2, 0) is 13.2 Å². The second-order valence-electron chi connectivity index (χ2n) is 7.04. The fraction of sp³-hybridized carbons (Fsp3) is 0.167. The lowest BCUT2D eigenvalue weighted by Gasteiger charge is -2.15. The summed E-state index contributed by atoms with van der Waals surface area (Å²) in [5.41, 5.74) is 2.57. The molecule has 0 fully saturated rings. The van der Waals surface area contributed by atoms with E-state index in [4.69, 9.17) is 9.47 Å². The van der Waals surface area contributed by atoms with Crippen LogP contribution in [0.1, 0.15) is 28.4 Å². The highest BCUT2D eigenvalue weighted by Crippen LogP contribution is 2.35. The Balaban J connectivity index is 1.84. The zero-order valence-corrected chi connectivity index (χ0v) is 19.5.